The maximum atomic E-state index is 9.62. The van der Waals surface area contributed by atoms with Crippen LogP contribution in [-0.4, -0.2) is 58.5 Å². The predicted molar refractivity (Wildman–Crippen MR) is 94.5 cm³/mol. The van der Waals surface area contributed by atoms with Gasteiger partial charge in [0.15, 0.2) is 0 Å². The minimum Gasteiger partial charge on any atom is -0.396 e. The number of hydrogen-bond donors (Lipinski definition) is 1. The molecule has 3 nitrogen and oxygen atoms in total. The Hall–Kier alpha value is 1.80. The average molecular weight is 534 g/mol. The van der Waals surface area contributed by atoms with E-state index >= 15 is 0 Å². The summed E-state index contributed by atoms with van der Waals surface area (Å²) >= 11 is 13.8. The van der Waals surface area contributed by atoms with Gasteiger partial charge in [-0.1, -0.05) is 70.6 Å². The number of halogens is 4. The summed E-state index contributed by atoms with van der Waals surface area (Å²) in [5, 5.41) is 11.3. The van der Waals surface area contributed by atoms with Crippen LogP contribution in [0.5, 0.6) is 0 Å². The Bertz CT molecular complexity index is 197. The molecule has 2 unspecified atom stereocenters. The van der Waals surface area contributed by atoms with Crippen LogP contribution in [0.25, 0.3) is 0 Å². The van der Waals surface area contributed by atoms with Crippen LogP contribution in [0.4, 0.5) is 0 Å². The summed E-state index contributed by atoms with van der Waals surface area (Å²) in [5.74, 6) is 0. The van der Waals surface area contributed by atoms with Crippen LogP contribution in [0.1, 0.15) is 13.3 Å². The van der Waals surface area contributed by atoms with Crippen molar-refractivity contribution in [3.63, 3.8) is 0 Å². The van der Waals surface area contributed by atoms with Crippen molar-refractivity contribution in [2.45, 2.75) is 23.0 Å². The minimum absolute atomic E-state index is 0.0754. The smallest absolute Gasteiger partial charge is 0.0599 e. The highest BCUT2D eigenvalue weighted by Gasteiger charge is 2.29. The van der Waals surface area contributed by atoms with E-state index in [2.05, 4.69) is 70.6 Å². The molecule has 0 saturated heterocycles. The normalized spacial score (nSPS) is 18.0. The lowest BCUT2D eigenvalue weighted by molar-refractivity contribution is -0.0510. The van der Waals surface area contributed by atoms with Gasteiger partial charge in [0.1, 0.15) is 0 Å². The van der Waals surface area contributed by atoms with E-state index in [-0.39, 0.29) is 12.0 Å². The summed E-state index contributed by atoms with van der Waals surface area (Å²) in [5.41, 5.74) is -0.307. The van der Waals surface area contributed by atoms with E-state index < -0.39 is 0 Å². The van der Waals surface area contributed by atoms with E-state index in [0.29, 0.717) is 36.1 Å². The molecule has 0 heterocycles. The number of rotatable bonds is 12. The van der Waals surface area contributed by atoms with Gasteiger partial charge in [-0.25, -0.2) is 0 Å². The first-order valence-corrected chi connectivity index (χ1v) is 10.3. The van der Waals surface area contributed by atoms with Gasteiger partial charge >= 0.3 is 0 Å². The summed E-state index contributed by atoms with van der Waals surface area (Å²) in [6.07, 6.45) is 0.825. The van der Waals surface area contributed by atoms with E-state index in [1.807, 2.05) is 0 Å². The Kier molecular flexibility index (Phi) is 13.5. The Morgan fingerprint density at radius 1 is 1.00 bits per heavy atom. The van der Waals surface area contributed by atoms with E-state index in [1.165, 1.54) is 0 Å². The maximum Gasteiger partial charge on any atom is 0.0599 e. The molecule has 0 fully saturated rings. The molecule has 0 aliphatic carbocycles. The van der Waals surface area contributed by atoms with E-state index in [0.717, 1.165) is 17.1 Å². The van der Waals surface area contributed by atoms with Crippen molar-refractivity contribution in [3.05, 3.63) is 0 Å². The van der Waals surface area contributed by atoms with Crippen molar-refractivity contribution in [1.29, 1.82) is 0 Å². The highest BCUT2D eigenvalue weighted by atomic mass is 79.9. The summed E-state index contributed by atoms with van der Waals surface area (Å²) in [6.45, 7) is 4.39. The summed E-state index contributed by atoms with van der Waals surface area (Å²) < 4.78 is 11.4. The molecule has 19 heavy (non-hydrogen) atoms. The molecule has 0 aromatic carbocycles. The zero-order valence-electron chi connectivity index (χ0n) is 11.1. The average Bonchev–Trinajstić information content (AvgIpc) is 2.45. The number of aliphatic hydroxyl groups excluding tert-OH is 1. The summed E-state index contributed by atoms with van der Waals surface area (Å²) in [7, 11) is 0. The van der Waals surface area contributed by atoms with Gasteiger partial charge < -0.3 is 14.6 Å². The molecule has 0 aromatic rings. The molecule has 2 atom stereocenters. The first kappa shape index (κ1) is 20.8. The zero-order chi connectivity index (χ0) is 14.7. The third-order valence-electron chi connectivity index (χ3n) is 2.83. The lowest BCUT2D eigenvalue weighted by Gasteiger charge is -2.30. The topological polar surface area (TPSA) is 38.7 Å². The monoisotopic (exact) mass is 530 g/mol. The second-order valence-electron chi connectivity index (χ2n) is 4.55. The van der Waals surface area contributed by atoms with E-state index in [1.54, 1.807) is 0 Å². The van der Waals surface area contributed by atoms with Gasteiger partial charge in [-0.15, -0.1) is 0 Å². The molecule has 0 aliphatic rings. The summed E-state index contributed by atoms with van der Waals surface area (Å²) in [4.78, 5) is 0.587. The lowest BCUT2D eigenvalue weighted by Crippen LogP contribution is -2.37. The van der Waals surface area contributed by atoms with Gasteiger partial charge in [0, 0.05) is 25.7 Å². The van der Waals surface area contributed by atoms with Crippen molar-refractivity contribution in [1.82, 2.24) is 0 Å². The molecular formula is C12H22Br4O3. The molecule has 0 aliphatic heterocycles. The molecule has 116 valence electrons. The maximum absolute atomic E-state index is 9.62. The second kappa shape index (κ2) is 12.4. The van der Waals surface area contributed by atoms with Crippen LogP contribution in [-0.2, 0) is 9.47 Å². The fourth-order valence-electron chi connectivity index (χ4n) is 1.34. The van der Waals surface area contributed by atoms with Crippen LogP contribution in [0, 0.1) is 5.41 Å². The van der Waals surface area contributed by atoms with Crippen LogP contribution in [0.2, 0.25) is 0 Å². The van der Waals surface area contributed by atoms with Gasteiger partial charge in [-0.2, -0.15) is 0 Å². The standard InChI is InChI=1S/C12H22Br4O3/c1-2-12(7-17,8-18-5-10(15)3-13)9-19-6-11(16)4-14/h10-11,17H,2-9H2,1H3. The van der Waals surface area contributed by atoms with Crippen molar-refractivity contribution >= 4 is 63.7 Å². The highest BCUT2D eigenvalue weighted by molar-refractivity contribution is 9.12. The van der Waals surface area contributed by atoms with Crippen LogP contribution in [0.3, 0.4) is 0 Å². The Morgan fingerprint density at radius 3 is 1.68 bits per heavy atom. The van der Waals surface area contributed by atoms with Gasteiger partial charge in [-0.05, 0) is 6.42 Å². The Labute approximate surface area is 149 Å². The van der Waals surface area contributed by atoms with Crippen molar-refractivity contribution < 1.29 is 14.6 Å². The molecule has 0 rings (SSSR count). The van der Waals surface area contributed by atoms with Crippen molar-refractivity contribution in [3.8, 4) is 0 Å². The second-order valence-corrected chi connectivity index (χ2v) is 8.43. The fourth-order valence-corrected chi connectivity index (χ4v) is 2.09. The number of ether oxygens (including phenoxy) is 2. The van der Waals surface area contributed by atoms with Crippen LogP contribution < -0.4 is 0 Å². The molecule has 7 heteroatoms. The number of aliphatic hydroxyl groups is 1. The molecule has 1 N–H and O–H groups in total. The fraction of sp³-hybridized carbons (Fsp3) is 1.00. The quantitative estimate of drug-likeness (QED) is 0.389. The van der Waals surface area contributed by atoms with E-state index in [9.17, 15) is 5.11 Å². The Balaban J connectivity index is 4.10. The molecule has 0 aromatic heterocycles. The van der Waals surface area contributed by atoms with Crippen LogP contribution >= 0.6 is 63.7 Å². The highest BCUT2D eigenvalue weighted by Crippen LogP contribution is 2.23. The van der Waals surface area contributed by atoms with Gasteiger partial charge in [0.05, 0.1) is 33.0 Å². The third-order valence-corrected chi connectivity index (χ3v) is 7.31. The number of hydrogen-bond acceptors (Lipinski definition) is 3. The Morgan fingerprint density at radius 2 is 1.42 bits per heavy atom. The lowest BCUT2D eigenvalue weighted by atomic mass is 9.88. The van der Waals surface area contributed by atoms with Gasteiger partial charge in [0.2, 0.25) is 0 Å². The molecule has 0 radical (unpaired) electrons. The van der Waals surface area contributed by atoms with Crippen molar-refractivity contribution in [2.75, 3.05) is 43.7 Å². The van der Waals surface area contributed by atoms with E-state index in [4.69, 9.17) is 9.47 Å². The van der Waals surface area contributed by atoms with Gasteiger partial charge in [-0.3, -0.25) is 0 Å². The first-order chi connectivity index (χ1) is 9.03. The minimum atomic E-state index is -0.307. The van der Waals surface area contributed by atoms with Gasteiger partial charge in [0.25, 0.3) is 0 Å². The van der Waals surface area contributed by atoms with Crippen LogP contribution in [0.15, 0.2) is 0 Å². The SMILES string of the molecule is CCC(CO)(COCC(Br)CBr)COCC(Br)CBr. The molecule has 0 bridgehead atoms. The number of alkyl halides is 4. The molecule has 0 spiro atoms. The largest absolute Gasteiger partial charge is 0.396 e. The molecule has 0 saturated carbocycles. The summed E-state index contributed by atoms with van der Waals surface area (Å²) in [6, 6.07) is 0. The molecule has 0 amide bonds. The molecular weight excluding hydrogens is 512 g/mol. The zero-order valence-corrected chi connectivity index (χ0v) is 17.4. The van der Waals surface area contributed by atoms with Crippen molar-refractivity contribution in [2.24, 2.45) is 5.41 Å². The third kappa shape index (κ3) is 9.42. The first-order valence-electron chi connectivity index (χ1n) is 6.20. The predicted octanol–water partition coefficient (Wildman–Crippen LogP) is 3.73.